The first-order chi connectivity index (χ1) is 9.52. The number of aromatic nitrogens is 2. The van der Waals surface area contributed by atoms with E-state index in [-0.39, 0.29) is 17.4 Å². The molecule has 1 atom stereocenters. The molecule has 1 N–H and O–H groups in total. The summed E-state index contributed by atoms with van der Waals surface area (Å²) in [5.41, 5.74) is -0.136. The molecule has 1 saturated heterocycles. The van der Waals surface area contributed by atoms with Gasteiger partial charge in [0.1, 0.15) is 0 Å². The summed E-state index contributed by atoms with van der Waals surface area (Å²) in [4.78, 5) is 23.0. The molecule has 0 spiro atoms. The van der Waals surface area contributed by atoms with Crippen LogP contribution in [0.3, 0.4) is 0 Å². The van der Waals surface area contributed by atoms with E-state index < -0.39 is 0 Å². The zero-order valence-corrected chi connectivity index (χ0v) is 12.6. The average molecular weight is 276 g/mol. The highest BCUT2D eigenvalue weighted by molar-refractivity contribution is 5.80. The molecule has 0 aliphatic carbocycles. The fourth-order valence-corrected chi connectivity index (χ4v) is 2.35. The van der Waals surface area contributed by atoms with Crippen molar-refractivity contribution in [2.45, 2.75) is 45.6 Å². The molecule has 5 nitrogen and oxygen atoms in total. The van der Waals surface area contributed by atoms with Gasteiger partial charge in [0.25, 0.3) is 0 Å². The smallest absolute Gasteiger partial charge is 0.225 e. The van der Waals surface area contributed by atoms with Crippen molar-refractivity contribution in [3.8, 4) is 0 Å². The molecule has 1 aliphatic rings. The monoisotopic (exact) mass is 276 g/mol. The summed E-state index contributed by atoms with van der Waals surface area (Å²) in [5, 5.41) is 3.14. The standard InChI is InChI=1S/C15H24N4O/c1-4-15(2,3)18-13(20)12-7-5-10-19(11-12)14-16-8-6-9-17-14/h6,8-9,12H,4-5,7,10-11H2,1-3H3,(H,18,20)/t12-/m1/s1. The van der Waals surface area contributed by atoms with Gasteiger partial charge >= 0.3 is 0 Å². The van der Waals surface area contributed by atoms with E-state index in [1.54, 1.807) is 18.5 Å². The minimum atomic E-state index is -0.136. The highest BCUT2D eigenvalue weighted by Crippen LogP contribution is 2.21. The Morgan fingerprint density at radius 2 is 2.15 bits per heavy atom. The molecule has 5 heteroatoms. The molecule has 1 aromatic rings. The van der Waals surface area contributed by atoms with Crippen LogP contribution < -0.4 is 10.2 Å². The molecule has 0 unspecified atom stereocenters. The third kappa shape index (κ3) is 3.68. The minimum absolute atomic E-state index is 0.0263. The number of anilines is 1. The number of hydrogen-bond donors (Lipinski definition) is 1. The maximum absolute atomic E-state index is 12.4. The Labute approximate surface area is 120 Å². The Morgan fingerprint density at radius 1 is 1.45 bits per heavy atom. The van der Waals surface area contributed by atoms with Crippen LogP contribution in [0.4, 0.5) is 5.95 Å². The van der Waals surface area contributed by atoms with Crippen LogP contribution in [-0.2, 0) is 4.79 Å². The molecular weight excluding hydrogens is 252 g/mol. The number of carbonyl (C=O) groups excluding carboxylic acids is 1. The second kappa shape index (κ2) is 6.20. The average Bonchev–Trinajstić information content (AvgIpc) is 2.48. The number of carbonyl (C=O) groups is 1. The second-order valence-corrected chi connectivity index (χ2v) is 6.06. The van der Waals surface area contributed by atoms with Gasteiger partial charge in [0.05, 0.1) is 5.92 Å². The Morgan fingerprint density at radius 3 is 2.80 bits per heavy atom. The first kappa shape index (κ1) is 14.8. The van der Waals surface area contributed by atoms with Crippen LogP contribution in [0.15, 0.2) is 18.5 Å². The Balaban J connectivity index is 1.98. The molecule has 2 rings (SSSR count). The molecule has 1 amide bonds. The van der Waals surface area contributed by atoms with Crippen LogP contribution in [0.5, 0.6) is 0 Å². The van der Waals surface area contributed by atoms with Crippen molar-refractivity contribution in [3.05, 3.63) is 18.5 Å². The largest absolute Gasteiger partial charge is 0.351 e. The number of rotatable bonds is 4. The van der Waals surface area contributed by atoms with E-state index in [9.17, 15) is 4.79 Å². The maximum Gasteiger partial charge on any atom is 0.225 e. The zero-order valence-electron chi connectivity index (χ0n) is 12.6. The van der Waals surface area contributed by atoms with E-state index in [0.717, 1.165) is 31.8 Å². The Bertz CT molecular complexity index is 446. The van der Waals surface area contributed by atoms with Crippen molar-refractivity contribution in [3.63, 3.8) is 0 Å². The summed E-state index contributed by atoms with van der Waals surface area (Å²) in [7, 11) is 0. The second-order valence-electron chi connectivity index (χ2n) is 6.06. The van der Waals surface area contributed by atoms with Crippen molar-refractivity contribution in [1.82, 2.24) is 15.3 Å². The molecule has 110 valence electrons. The van der Waals surface area contributed by atoms with Crippen LogP contribution >= 0.6 is 0 Å². The third-order valence-electron chi connectivity index (χ3n) is 3.97. The molecule has 2 heterocycles. The molecule has 0 bridgehead atoms. The fourth-order valence-electron chi connectivity index (χ4n) is 2.35. The lowest BCUT2D eigenvalue weighted by atomic mass is 9.94. The van der Waals surface area contributed by atoms with Crippen molar-refractivity contribution in [1.29, 1.82) is 0 Å². The molecule has 1 fully saturated rings. The first-order valence-corrected chi connectivity index (χ1v) is 7.36. The van der Waals surface area contributed by atoms with Crippen molar-refractivity contribution in [2.75, 3.05) is 18.0 Å². The van der Waals surface area contributed by atoms with E-state index in [1.165, 1.54) is 0 Å². The van der Waals surface area contributed by atoms with E-state index in [4.69, 9.17) is 0 Å². The number of hydrogen-bond acceptors (Lipinski definition) is 4. The molecule has 0 saturated carbocycles. The fraction of sp³-hybridized carbons (Fsp3) is 0.667. The summed E-state index contributed by atoms with van der Waals surface area (Å²) in [5.74, 6) is 0.899. The molecular formula is C15H24N4O. The van der Waals surface area contributed by atoms with Gasteiger partial charge < -0.3 is 10.2 Å². The summed E-state index contributed by atoms with van der Waals surface area (Å²) < 4.78 is 0. The topological polar surface area (TPSA) is 58.1 Å². The summed E-state index contributed by atoms with van der Waals surface area (Å²) in [6, 6.07) is 1.81. The normalized spacial score (nSPS) is 19.8. The lowest BCUT2D eigenvalue weighted by Gasteiger charge is -2.34. The Hall–Kier alpha value is -1.65. The molecule has 1 aromatic heterocycles. The van der Waals surface area contributed by atoms with Crippen molar-refractivity contribution >= 4 is 11.9 Å². The summed E-state index contributed by atoms with van der Waals surface area (Å²) >= 11 is 0. The third-order valence-corrected chi connectivity index (χ3v) is 3.97. The van der Waals surface area contributed by atoms with Gasteiger partial charge in [-0.25, -0.2) is 9.97 Å². The maximum atomic E-state index is 12.4. The number of piperidine rings is 1. The summed E-state index contributed by atoms with van der Waals surface area (Å²) in [6.45, 7) is 7.84. The van der Waals surface area contributed by atoms with E-state index in [2.05, 4.69) is 41.0 Å². The SMILES string of the molecule is CCC(C)(C)NC(=O)[C@@H]1CCCN(c2ncccn2)C1. The summed E-state index contributed by atoms with van der Waals surface area (Å²) in [6.07, 6.45) is 6.35. The van der Waals surface area contributed by atoms with Crippen LogP contribution in [-0.4, -0.2) is 34.5 Å². The zero-order chi connectivity index (χ0) is 14.6. The lowest BCUT2D eigenvalue weighted by Crippen LogP contribution is -2.50. The van der Waals surface area contributed by atoms with Gasteiger partial charge in [-0.2, -0.15) is 0 Å². The van der Waals surface area contributed by atoms with Crippen LogP contribution in [0.1, 0.15) is 40.0 Å². The molecule has 1 aliphatic heterocycles. The van der Waals surface area contributed by atoms with E-state index >= 15 is 0 Å². The van der Waals surface area contributed by atoms with Crippen molar-refractivity contribution in [2.24, 2.45) is 5.92 Å². The van der Waals surface area contributed by atoms with Gasteiger partial charge in [-0.15, -0.1) is 0 Å². The highest BCUT2D eigenvalue weighted by Gasteiger charge is 2.29. The van der Waals surface area contributed by atoms with E-state index in [0.29, 0.717) is 6.54 Å². The number of amides is 1. The minimum Gasteiger partial charge on any atom is -0.351 e. The molecule has 0 radical (unpaired) electrons. The Kier molecular flexibility index (Phi) is 4.57. The van der Waals surface area contributed by atoms with Gasteiger partial charge in [0.15, 0.2) is 0 Å². The lowest BCUT2D eigenvalue weighted by molar-refractivity contribution is -0.126. The predicted octanol–water partition coefficient (Wildman–Crippen LogP) is 2.00. The van der Waals surface area contributed by atoms with Crippen LogP contribution in [0.25, 0.3) is 0 Å². The quantitative estimate of drug-likeness (QED) is 0.914. The van der Waals surface area contributed by atoms with Crippen LogP contribution in [0, 0.1) is 5.92 Å². The molecule has 0 aromatic carbocycles. The first-order valence-electron chi connectivity index (χ1n) is 7.36. The number of nitrogens with zero attached hydrogens (tertiary/aromatic N) is 3. The van der Waals surface area contributed by atoms with Crippen molar-refractivity contribution < 1.29 is 4.79 Å². The van der Waals surface area contributed by atoms with Crippen LogP contribution in [0.2, 0.25) is 0 Å². The van der Waals surface area contributed by atoms with Gasteiger partial charge in [-0.05, 0) is 39.2 Å². The van der Waals surface area contributed by atoms with E-state index in [1.807, 2.05) is 0 Å². The van der Waals surface area contributed by atoms with Gasteiger partial charge in [0.2, 0.25) is 11.9 Å². The highest BCUT2D eigenvalue weighted by atomic mass is 16.2. The number of nitrogens with one attached hydrogen (secondary N) is 1. The van der Waals surface area contributed by atoms with Gasteiger partial charge in [-0.3, -0.25) is 4.79 Å². The predicted molar refractivity (Wildman–Crippen MR) is 79.5 cm³/mol. The molecule has 20 heavy (non-hydrogen) atoms. The van der Waals surface area contributed by atoms with Gasteiger partial charge in [-0.1, -0.05) is 6.92 Å². The van der Waals surface area contributed by atoms with Gasteiger partial charge in [0, 0.05) is 31.0 Å².